The average Bonchev–Trinajstić information content (AvgIpc) is 3.29. The Morgan fingerprint density at radius 3 is 2.68 bits per heavy atom. The monoisotopic (exact) mass is 407 g/mol. The molecule has 0 amide bonds. The van der Waals surface area contributed by atoms with E-state index in [1.165, 1.54) is 32.3 Å². The summed E-state index contributed by atoms with van der Waals surface area (Å²) in [7, 11) is 0. The molecule has 0 saturated heterocycles. The quantitative estimate of drug-likeness (QED) is 0.318. The van der Waals surface area contributed by atoms with Gasteiger partial charge in [0.2, 0.25) is 0 Å². The maximum absolute atomic E-state index is 4.60. The fourth-order valence-corrected chi connectivity index (χ4v) is 5.59. The predicted octanol–water partition coefficient (Wildman–Crippen LogP) is 6.73. The van der Waals surface area contributed by atoms with Crippen LogP contribution in [0, 0.1) is 6.92 Å². The molecule has 4 aromatic rings. The summed E-state index contributed by atoms with van der Waals surface area (Å²) in [6, 6.07) is 15.1. The van der Waals surface area contributed by atoms with Crippen LogP contribution >= 0.6 is 23.1 Å². The normalized spacial score (nSPS) is 11.4. The van der Waals surface area contributed by atoms with Crippen molar-refractivity contribution < 1.29 is 0 Å². The van der Waals surface area contributed by atoms with Crippen LogP contribution in [0.4, 0.5) is 0 Å². The molecule has 2 heterocycles. The smallest absolute Gasteiger partial charge is 0.191 e. The van der Waals surface area contributed by atoms with Gasteiger partial charge in [-0.25, -0.2) is 0 Å². The Labute approximate surface area is 174 Å². The van der Waals surface area contributed by atoms with Gasteiger partial charge in [-0.05, 0) is 41.7 Å². The number of aryl methyl sites for hydroxylation is 1. The molecule has 0 aliphatic heterocycles. The predicted molar refractivity (Wildman–Crippen MR) is 121 cm³/mol. The molecular formula is C23H25N3S2. The molecule has 0 aliphatic carbocycles. The number of benzene rings is 2. The molecule has 28 heavy (non-hydrogen) atoms. The zero-order chi connectivity index (χ0) is 19.5. The molecule has 0 unspecified atom stereocenters. The van der Waals surface area contributed by atoms with Gasteiger partial charge in [0.1, 0.15) is 0 Å². The summed E-state index contributed by atoms with van der Waals surface area (Å²) in [5.74, 6) is 1.91. The Morgan fingerprint density at radius 1 is 1.04 bits per heavy atom. The number of thioether (sulfide) groups is 1. The molecule has 0 aliphatic rings. The van der Waals surface area contributed by atoms with E-state index in [1.807, 2.05) is 11.3 Å². The molecule has 0 atom stereocenters. The first-order valence-electron chi connectivity index (χ1n) is 9.82. The molecular weight excluding hydrogens is 382 g/mol. The SMILES string of the molecule is CCCn1c(SCc2cccc3ccccc23)nnc1-c1csc(C)c1CC. The number of rotatable bonds is 7. The first-order chi connectivity index (χ1) is 13.7. The van der Waals surface area contributed by atoms with E-state index in [4.69, 9.17) is 0 Å². The van der Waals surface area contributed by atoms with Crippen molar-refractivity contribution in [3.05, 3.63) is 63.8 Å². The van der Waals surface area contributed by atoms with E-state index in [-0.39, 0.29) is 0 Å². The lowest BCUT2D eigenvalue weighted by Crippen LogP contribution is -2.02. The topological polar surface area (TPSA) is 30.7 Å². The van der Waals surface area contributed by atoms with E-state index < -0.39 is 0 Å². The van der Waals surface area contributed by atoms with Gasteiger partial charge in [-0.2, -0.15) is 0 Å². The average molecular weight is 408 g/mol. The van der Waals surface area contributed by atoms with Crippen LogP contribution in [-0.2, 0) is 18.7 Å². The van der Waals surface area contributed by atoms with Gasteiger partial charge in [-0.1, -0.05) is 68.1 Å². The molecule has 0 bridgehead atoms. The maximum atomic E-state index is 4.60. The number of nitrogens with zero attached hydrogens (tertiary/aromatic N) is 3. The van der Waals surface area contributed by atoms with Gasteiger partial charge in [-0.15, -0.1) is 21.5 Å². The van der Waals surface area contributed by atoms with Gasteiger partial charge >= 0.3 is 0 Å². The molecule has 4 rings (SSSR count). The lowest BCUT2D eigenvalue weighted by Gasteiger charge is -2.10. The van der Waals surface area contributed by atoms with Crippen LogP contribution in [0.15, 0.2) is 53.0 Å². The highest BCUT2D eigenvalue weighted by Crippen LogP contribution is 2.34. The number of fused-ring (bicyclic) bond motifs is 1. The van der Waals surface area contributed by atoms with Crippen molar-refractivity contribution in [1.29, 1.82) is 0 Å². The second-order valence-corrected chi connectivity index (χ2v) is 8.95. The lowest BCUT2D eigenvalue weighted by atomic mass is 10.1. The molecule has 0 N–H and O–H groups in total. The first-order valence-corrected chi connectivity index (χ1v) is 11.7. The lowest BCUT2D eigenvalue weighted by molar-refractivity contribution is 0.626. The maximum Gasteiger partial charge on any atom is 0.191 e. The van der Waals surface area contributed by atoms with Gasteiger partial charge in [0.25, 0.3) is 0 Å². The highest BCUT2D eigenvalue weighted by atomic mass is 32.2. The minimum absolute atomic E-state index is 0.895. The van der Waals surface area contributed by atoms with Crippen LogP contribution in [0.2, 0.25) is 0 Å². The van der Waals surface area contributed by atoms with E-state index in [1.54, 1.807) is 11.8 Å². The Morgan fingerprint density at radius 2 is 1.86 bits per heavy atom. The number of hydrogen-bond donors (Lipinski definition) is 0. The molecule has 144 valence electrons. The first kappa shape index (κ1) is 19.2. The van der Waals surface area contributed by atoms with E-state index in [0.717, 1.165) is 36.1 Å². The summed E-state index contributed by atoms with van der Waals surface area (Å²) in [6.45, 7) is 7.57. The van der Waals surface area contributed by atoms with Crippen LogP contribution in [0.25, 0.3) is 22.2 Å². The number of thiophene rings is 1. The van der Waals surface area contributed by atoms with Gasteiger partial charge < -0.3 is 4.57 Å². The van der Waals surface area contributed by atoms with Gasteiger partial charge in [0, 0.05) is 28.1 Å². The Kier molecular flexibility index (Phi) is 5.83. The summed E-state index contributed by atoms with van der Waals surface area (Å²) >= 11 is 3.59. The van der Waals surface area contributed by atoms with Crippen molar-refractivity contribution in [3.63, 3.8) is 0 Å². The second-order valence-electron chi connectivity index (χ2n) is 6.92. The highest BCUT2D eigenvalue weighted by molar-refractivity contribution is 7.98. The third-order valence-corrected chi connectivity index (χ3v) is 7.07. The van der Waals surface area contributed by atoms with Crippen molar-refractivity contribution in [3.8, 4) is 11.4 Å². The van der Waals surface area contributed by atoms with E-state index in [2.05, 4.69) is 83.4 Å². The molecule has 0 fully saturated rings. The Balaban J connectivity index is 1.66. The standard InChI is InChI=1S/C23H25N3S2/c1-4-13-26-22(21-15-27-16(3)19(21)5-2)24-25-23(26)28-14-18-11-8-10-17-9-6-7-12-20(17)18/h6-12,15H,4-5,13-14H2,1-3H3. The molecule has 0 radical (unpaired) electrons. The van der Waals surface area contributed by atoms with Crippen molar-refractivity contribution in [2.45, 2.75) is 51.1 Å². The summed E-state index contributed by atoms with van der Waals surface area (Å²) in [6.07, 6.45) is 2.10. The Hall–Kier alpha value is -2.11. The van der Waals surface area contributed by atoms with Crippen molar-refractivity contribution in [1.82, 2.24) is 14.8 Å². The number of hydrogen-bond acceptors (Lipinski definition) is 4. The molecule has 5 heteroatoms. The van der Waals surface area contributed by atoms with Crippen LogP contribution in [0.5, 0.6) is 0 Å². The minimum Gasteiger partial charge on any atom is -0.302 e. The van der Waals surface area contributed by atoms with E-state index in [9.17, 15) is 0 Å². The van der Waals surface area contributed by atoms with Gasteiger partial charge in [-0.3, -0.25) is 0 Å². The van der Waals surface area contributed by atoms with Crippen molar-refractivity contribution >= 4 is 33.9 Å². The number of aromatic nitrogens is 3. The highest BCUT2D eigenvalue weighted by Gasteiger charge is 2.18. The zero-order valence-corrected chi connectivity index (χ0v) is 18.2. The molecule has 0 spiro atoms. The van der Waals surface area contributed by atoms with E-state index in [0.29, 0.717) is 0 Å². The van der Waals surface area contributed by atoms with E-state index >= 15 is 0 Å². The molecule has 3 nitrogen and oxygen atoms in total. The molecule has 0 saturated carbocycles. The summed E-state index contributed by atoms with van der Waals surface area (Å²) in [5, 5.41) is 15.0. The van der Waals surface area contributed by atoms with Crippen LogP contribution in [0.1, 0.15) is 36.3 Å². The third-order valence-electron chi connectivity index (χ3n) is 5.10. The zero-order valence-electron chi connectivity index (χ0n) is 16.6. The second kappa shape index (κ2) is 8.50. The summed E-state index contributed by atoms with van der Waals surface area (Å²) in [4.78, 5) is 1.38. The fraction of sp³-hybridized carbons (Fsp3) is 0.304. The van der Waals surface area contributed by atoms with Gasteiger partial charge in [0.15, 0.2) is 11.0 Å². The third kappa shape index (κ3) is 3.61. The summed E-state index contributed by atoms with van der Waals surface area (Å²) in [5.41, 5.74) is 4.00. The molecule has 2 aromatic heterocycles. The fourth-order valence-electron chi connectivity index (χ4n) is 3.69. The summed E-state index contributed by atoms with van der Waals surface area (Å²) < 4.78 is 2.30. The Bertz CT molecular complexity index is 1090. The van der Waals surface area contributed by atoms with Crippen LogP contribution in [-0.4, -0.2) is 14.8 Å². The van der Waals surface area contributed by atoms with Crippen molar-refractivity contribution in [2.24, 2.45) is 0 Å². The van der Waals surface area contributed by atoms with Crippen molar-refractivity contribution in [2.75, 3.05) is 0 Å². The van der Waals surface area contributed by atoms with Crippen LogP contribution in [0.3, 0.4) is 0 Å². The minimum atomic E-state index is 0.895. The van der Waals surface area contributed by atoms with Crippen LogP contribution < -0.4 is 0 Å². The van der Waals surface area contributed by atoms with Gasteiger partial charge in [0.05, 0.1) is 0 Å². The molecule has 2 aromatic carbocycles. The largest absolute Gasteiger partial charge is 0.302 e.